The zero-order chi connectivity index (χ0) is 20.8. The Morgan fingerprint density at radius 1 is 1.24 bits per heavy atom. The smallest absolute Gasteiger partial charge is 0.345 e. The van der Waals surface area contributed by atoms with Gasteiger partial charge in [0, 0.05) is 25.2 Å². The number of fused-ring (bicyclic) bond motifs is 1. The van der Waals surface area contributed by atoms with Gasteiger partial charge in [-0.2, -0.15) is 23.5 Å². The van der Waals surface area contributed by atoms with Crippen molar-refractivity contribution in [3.8, 4) is 6.07 Å². The highest BCUT2D eigenvalue weighted by Gasteiger charge is 2.40. The molecule has 0 aliphatic carbocycles. The molecule has 2 aromatic heterocycles. The van der Waals surface area contributed by atoms with Crippen LogP contribution in [0.4, 0.5) is 24.9 Å². The molecule has 2 aliphatic rings. The summed E-state index contributed by atoms with van der Waals surface area (Å²) < 4.78 is 40.5. The van der Waals surface area contributed by atoms with Gasteiger partial charge in [0.05, 0.1) is 34.4 Å². The number of nitrogens with zero attached hydrogens (tertiary/aromatic N) is 6. The van der Waals surface area contributed by atoms with Crippen molar-refractivity contribution in [3.05, 3.63) is 47.0 Å². The van der Waals surface area contributed by atoms with E-state index < -0.39 is 11.7 Å². The molecule has 4 rings (SSSR count). The summed E-state index contributed by atoms with van der Waals surface area (Å²) in [4.78, 5) is 10.4. The Hall–Kier alpha value is -3.06. The lowest BCUT2D eigenvalue weighted by Crippen LogP contribution is -2.34. The second kappa shape index (κ2) is 7.08. The van der Waals surface area contributed by atoms with Crippen LogP contribution in [-0.2, 0) is 0 Å². The van der Waals surface area contributed by atoms with Gasteiger partial charge in [-0.05, 0) is 12.8 Å². The van der Waals surface area contributed by atoms with Crippen molar-refractivity contribution in [1.82, 2.24) is 19.7 Å². The largest absolute Gasteiger partial charge is 0.419 e. The molecule has 0 radical (unpaired) electrons. The van der Waals surface area contributed by atoms with Crippen LogP contribution < -0.4 is 10.2 Å². The van der Waals surface area contributed by atoms with Crippen molar-refractivity contribution < 1.29 is 13.2 Å². The summed E-state index contributed by atoms with van der Waals surface area (Å²) in [6, 6.07) is 2.07. The lowest BCUT2D eigenvalue weighted by molar-refractivity contribution is -0.0877. The standard InChI is InChI=1S/C18H15ClF3N7/c1-10-14(18(20,21)22)9-24-16-13(6-23)15(27-29(10)16)11-2-4-28(5-3-11)17-25-7-12(19)8-26-17/h7-9,11,24H,1-5H2. The molecule has 0 aromatic carbocycles. The number of nitriles is 1. The first-order chi connectivity index (χ1) is 13.8. The van der Waals surface area contributed by atoms with E-state index in [4.69, 9.17) is 11.6 Å². The molecule has 4 heterocycles. The first-order valence-corrected chi connectivity index (χ1v) is 9.16. The molecule has 1 fully saturated rings. The lowest BCUT2D eigenvalue weighted by Gasteiger charge is -2.31. The SMILES string of the molecule is C=C1C(C(F)(F)F)=CNc2c(C#N)c(C3CCN(c4ncc(Cl)cn4)CC3)nn21. The average molecular weight is 422 g/mol. The van der Waals surface area contributed by atoms with Gasteiger partial charge in [0.2, 0.25) is 5.95 Å². The zero-order valence-corrected chi connectivity index (χ0v) is 15.8. The van der Waals surface area contributed by atoms with Crippen molar-refractivity contribution in [2.45, 2.75) is 24.9 Å². The molecule has 0 spiro atoms. The fourth-order valence-corrected chi connectivity index (χ4v) is 3.66. The summed E-state index contributed by atoms with van der Waals surface area (Å²) in [5.74, 6) is 0.700. The zero-order valence-electron chi connectivity index (χ0n) is 15.0. The molecular weight excluding hydrogens is 407 g/mol. The molecule has 150 valence electrons. The summed E-state index contributed by atoms with van der Waals surface area (Å²) in [7, 11) is 0. The maximum absolute atomic E-state index is 13.2. The van der Waals surface area contributed by atoms with Crippen LogP contribution >= 0.6 is 11.6 Å². The van der Waals surface area contributed by atoms with Gasteiger partial charge < -0.3 is 10.2 Å². The first kappa shape index (κ1) is 19.3. The summed E-state index contributed by atoms with van der Waals surface area (Å²) >= 11 is 5.81. The summed E-state index contributed by atoms with van der Waals surface area (Å²) in [6.45, 7) is 4.77. The minimum atomic E-state index is -4.56. The van der Waals surface area contributed by atoms with Crippen LogP contribution in [0, 0.1) is 11.3 Å². The third-order valence-corrected chi connectivity index (χ3v) is 5.22. The fraction of sp³-hybridized carbons (Fsp3) is 0.333. The number of piperidine rings is 1. The third kappa shape index (κ3) is 3.42. The monoisotopic (exact) mass is 421 g/mol. The minimum Gasteiger partial charge on any atom is -0.345 e. The Balaban J connectivity index is 1.56. The Morgan fingerprint density at radius 3 is 2.48 bits per heavy atom. The number of anilines is 2. The molecule has 29 heavy (non-hydrogen) atoms. The predicted molar refractivity (Wildman–Crippen MR) is 101 cm³/mol. The highest BCUT2D eigenvalue weighted by molar-refractivity contribution is 6.30. The summed E-state index contributed by atoms with van der Waals surface area (Å²) in [5.41, 5.74) is -0.506. The molecule has 0 unspecified atom stereocenters. The highest BCUT2D eigenvalue weighted by atomic mass is 35.5. The number of halogens is 4. The van der Waals surface area contributed by atoms with E-state index in [2.05, 4.69) is 33.0 Å². The minimum absolute atomic E-state index is 0.0739. The molecule has 0 bridgehead atoms. The van der Waals surface area contributed by atoms with Gasteiger partial charge >= 0.3 is 6.18 Å². The molecule has 2 aromatic rings. The number of rotatable bonds is 2. The van der Waals surface area contributed by atoms with Crippen molar-refractivity contribution in [2.24, 2.45) is 0 Å². The number of hydrogen-bond donors (Lipinski definition) is 1. The van der Waals surface area contributed by atoms with Gasteiger partial charge in [-0.15, -0.1) is 0 Å². The van der Waals surface area contributed by atoms with Crippen LogP contribution in [-0.4, -0.2) is 39.0 Å². The fourth-order valence-electron chi connectivity index (χ4n) is 3.56. The number of allylic oxidation sites excluding steroid dienone is 2. The van der Waals surface area contributed by atoms with Crippen molar-refractivity contribution >= 4 is 29.1 Å². The maximum atomic E-state index is 13.2. The lowest BCUT2D eigenvalue weighted by atomic mass is 9.91. The van der Waals surface area contributed by atoms with Gasteiger partial charge in [0.25, 0.3) is 0 Å². The first-order valence-electron chi connectivity index (χ1n) is 8.78. The maximum Gasteiger partial charge on any atom is 0.419 e. The Morgan fingerprint density at radius 2 is 1.90 bits per heavy atom. The van der Waals surface area contributed by atoms with Gasteiger partial charge in [0.15, 0.2) is 5.82 Å². The van der Waals surface area contributed by atoms with Crippen LogP contribution in [0.25, 0.3) is 5.70 Å². The molecule has 0 saturated carbocycles. The normalized spacial score (nSPS) is 17.4. The van der Waals surface area contributed by atoms with Crippen LogP contribution in [0.15, 0.2) is 30.7 Å². The molecule has 0 amide bonds. The van der Waals surface area contributed by atoms with E-state index in [1.54, 1.807) is 0 Å². The van der Waals surface area contributed by atoms with E-state index in [9.17, 15) is 18.4 Å². The Bertz CT molecular complexity index is 1030. The van der Waals surface area contributed by atoms with Crippen LogP contribution in [0.3, 0.4) is 0 Å². The van der Waals surface area contributed by atoms with E-state index in [0.717, 1.165) is 10.9 Å². The quantitative estimate of drug-likeness (QED) is 0.791. The summed E-state index contributed by atoms with van der Waals surface area (Å²) in [5, 5.41) is 16.9. The van der Waals surface area contributed by atoms with Gasteiger partial charge in [-0.1, -0.05) is 18.2 Å². The van der Waals surface area contributed by atoms with Crippen molar-refractivity contribution in [3.63, 3.8) is 0 Å². The molecule has 7 nitrogen and oxygen atoms in total. The highest BCUT2D eigenvalue weighted by Crippen LogP contribution is 2.40. The predicted octanol–water partition coefficient (Wildman–Crippen LogP) is 3.92. The van der Waals surface area contributed by atoms with E-state index >= 15 is 0 Å². The van der Waals surface area contributed by atoms with Crippen LogP contribution in [0.1, 0.15) is 30.0 Å². The van der Waals surface area contributed by atoms with Crippen LogP contribution in [0.5, 0.6) is 0 Å². The van der Waals surface area contributed by atoms with E-state index in [1.165, 1.54) is 12.4 Å². The summed E-state index contributed by atoms with van der Waals surface area (Å²) in [6.07, 6.45) is 0.618. The second-order valence-electron chi connectivity index (χ2n) is 6.74. The number of hydrogen-bond acceptors (Lipinski definition) is 6. The number of alkyl halides is 3. The average Bonchev–Trinajstić information content (AvgIpc) is 3.07. The van der Waals surface area contributed by atoms with Crippen molar-refractivity contribution in [2.75, 3.05) is 23.3 Å². The molecule has 0 atom stereocenters. The Kier molecular flexibility index (Phi) is 4.70. The van der Waals surface area contributed by atoms with Gasteiger partial charge in [-0.25, -0.2) is 14.6 Å². The molecular formula is C18H15ClF3N7. The van der Waals surface area contributed by atoms with Crippen LogP contribution in [0.2, 0.25) is 5.02 Å². The Labute approximate surface area is 169 Å². The molecule has 11 heteroatoms. The number of aromatic nitrogens is 4. The molecule has 1 N–H and O–H groups in total. The molecule has 1 saturated heterocycles. The van der Waals surface area contributed by atoms with Gasteiger partial charge in [-0.3, -0.25) is 0 Å². The van der Waals surface area contributed by atoms with E-state index in [0.29, 0.717) is 42.6 Å². The topological polar surface area (TPSA) is 82.7 Å². The van der Waals surface area contributed by atoms with Gasteiger partial charge in [0.1, 0.15) is 11.6 Å². The number of nitrogens with one attached hydrogen (secondary N) is 1. The van der Waals surface area contributed by atoms with Crippen molar-refractivity contribution in [1.29, 1.82) is 5.26 Å². The third-order valence-electron chi connectivity index (χ3n) is 5.02. The second-order valence-corrected chi connectivity index (χ2v) is 7.18. The molecule has 2 aliphatic heterocycles. The van der Waals surface area contributed by atoms with E-state index in [-0.39, 0.29) is 23.0 Å². The van der Waals surface area contributed by atoms with E-state index in [1.807, 2.05) is 4.90 Å².